The van der Waals surface area contributed by atoms with Crippen LogP contribution >= 0.6 is 0 Å². The van der Waals surface area contributed by atoms with E-state index in [1.165, 1.54) is 23.8 Å². The van der Waals surface area contributed by atoms with Gasteiger partial charge in [-0.15, -0.1) is 0 Å². The molecular formula is C28H31F2N3. The Morgan fingerprint density at radius 1 is 0.970 bits per heavy atom. The van der Waals surface area contributed by atoms with Crippen LogP contribution in [0.1, 0.15) is 58.4 Å². The van der Waals surface area contributed by atoms with E-state index >= 15 is 0 Å². The average Bonchev–Trinajstić information content (AvgIpc) is 3.22. The Kier molecular flexibility index (Phi) is 6.87. The minimum absolute atomic E-state index is 0.164. The molecule has 0 radical (unpaired) electrons. The maximum atomic E-state index is 14.8. The van der Waals surface area contributed by atoms with Crippen LogP contribution in [0.5, 0.6) is 0 Å². The van der Waals surface area contributed by atoms with Gasteiger partial charge in [-0.05, 0) is 66.5 Å². The second kappa shape index (κ2) is 9.82. The van der Waals surface area contributed by atoms with Crippen LogP contribution in [0.25, 0.3) is 17.1 Å². The van der Waals surface area contributed by atoms with Gasteiger partial charge in [0.2, 0.25) is 0 Å². The smallest absolute Gasteiger partial charge is 0.146 e. The van der Waals surface area contributed by atoms with Crippen molar-refractivity contribution in [1.82, 2.24) is 14.5 Å². The second-order valence-electron chi connectivity index (χ2n) is 9.65. The number of hydrogen-bond acceptors (Lipinski definition) is 2. The van der Waals surface area contributed by atoms with Gasteiger partial charge in [0.15, 0.2) is 0 Å². The number of halogens is 2. The van der Waals surface area contributed by atoms with Crippen molar-refractivity contribution in [2.45, 2.75) is 52.9 Å². The van der Waals surface area contributed by atoms with E-state index in [0.29, 0.717) is 18.3 Å². The lowest BCUT2D eigenvalue weighted by molar-refractivity contribution is 0.530. The Balaban J connectivity index is 1.89. The number of rotatable bonds is 7. The summed E-state index contributed by atoms with van der Waals surface area (Å²) >= 11 is 0. The predicted molar refractivity (Wildman–Crippen MR) is 129 cm³/mol. The molecular weight excluding hydrogens is 416 g/mol. The molecule has 172 valence electrons. The third-order valence-electron chi connectivity index (χ3n) is 5.96. The highest BCUT2D eigenvalue weighted by atomic mass is 19.1. The minimum Gasteiger partial charge on any atom is -0.300 e. The zero-order valence-corrected chi connectivity index (χ0v) is 19.7. The van der Waals surface area contributed by atoms with Gasteiger partial charge in [0, 0.05) is 47.5 Å². The zero-order valence-electron chi connectivity index (χ0n) is 19.7. The van der Waals surface area contributed by atoms with Crippen molar-refractivity contribution in [2.24, 2.45) is 11.8 Å². The average molecular weight is 448 g/mol. The number of benzene rings is 1. The Hall–Kier alpha value is -3.08. The molecule has 4 rings (SSSR count). The van der Waals surface area contributed by atoms with E-state index in [2.05, 4.69) is 48.3 Å². The maximum Gasteiger partial charge on any atom is 0.146 e. The number of aromatic nitrogens is 3. The first-order chi connectivity index (χ1) is 15.8. The van der Waals surface area contributed by atoms with E-state index in [1.807, 2.05) is 24.5 Å². The van der Waals surface area contributed by atoms with Gasteiger partial charge < -0.3 is 0 Å². The van der Waals surface area contributed by atoms with E-state index in [1.54, 1.807) is 12.4 Å². The molecule has 0 spiro atoms. The summed E-state index contributed by atoms with van der Waals surface area (Å²) in [4.78, 5) is 8.90. The van der Waals surface area contributed by atoms with Crippen LogP contribution in [0.4, 0.5) is 8.78 Å². The van der Waals surface area contributed by atoms with Crippen molar-refractivity contribution in [3.63, 3.8) is 0 Å². The van der Waals surface area contributed by atoms with Crippen LogP contribution < -0.4 is 0 Å². The third-order valence-corrected chi connectivity index (χ3v) is 5.96. The first kappa shape index (κ1) is 23.1. The quantitative estimate of drug-likeness (QED) is 0.372. The van der Waals surface area contributed by atoms with Crippen LogP contribution in [-0.4, -0.2) is 14.5 Å². The van der Waals surface area contributed by atoms with Crippen LogP contribution in [0.15, 0.2) is 72.3 Å². The lowest BCUT2D eigenvalue weighted by atomic mass is 9.78. The van der Waals surface area contributed by atoms with E-state index in [4.69, 9.17) is 0 Å². The summed E-state index contributed by atoms with van der Waals surface area (Å²) in [6, 6.07) is 8.04. The highest BCUT2D eigenvalue weighted by Crippen LogP contribution is 2.44. The summed E-state index contributed by atoms with van der Waals surface area (Å²) in [6.07, 6.45) is 11.7. The van der Waals surface area contributed by atoms with E-state index in [9.17, 15) is 8.78 Å². The molecule has 1 unspecified atom stereocenters. The Bertz CT molecular complexity index is 1150. The van der Waals surface area contributed by atoms with Gasteiger partial charge in [-0.1, -0.05) is 39.8 Å². The molecule has 0 aliphatic heterocycles. The molecule has 3 aromatic rings. The number of hydrogen-bond donors (Lipinski definition) is 0. The van der Waals surface area contributed by atoms with E-state index in [0.717, 1.165) is 35.5 Å². The summed E-state index contributed by atoms with van der Waals surface area (Å²) in [5.74, 6) is 0.329. The lowest BCUT2D eigenvalue weighted by Gasteiger charge is -2.31. The molecule has 3 nitrogen and oxygen atoms in total. The summed E-state index contributed by atoms with van der Waals surface area (Å²) in [5.41, 5.74) is 4.53. The van der Waals surface area contributed by atoms with Gasteiger partial charge in [-0.2, -0.15) is 0 Å². The van der Waals surface area contributed by atoms with Gasteiger partial charge in [-0.25, -0.2) is 13.8 Å². The fraction of sp³-hybridized carbons (Fsp3) is 0.357. The van der Waals surface area contributed by atoms with Crippen molar-refractivity contribution in [2.75, 3.05) is 0 Å². The van der Waals surface area contributed by atoms with Gasteiger partial charge in [0.05, 0.1) is 0 Å². The summed E-state index contributed by atoms with van der Waals surface area (Å²) < 4.78 is 31.7. The fourth-order valence-electron chi connectivity index (χ4n) is 4.82. The van der Waals surface area contributed by atoms with Gasteiger partial charge in [0.1, 0.15) is 17.5 Å². The first-order valence-corrected chi connectivity index (χ1v) is 11.7. The van der Waals surface area contributed by atoms with Crippen LogP contribution in [-0.2, 0) is 0 Å². The molecule has 0 N–H and O–H groups in total. The highest BCUT2D eigenvalue weighted by molar-refractivity contribution is 5.75. The summed E-state index contributed by atoms with van der Waals surface area (Å²) in [6.45, 7) is 8.70. The normalized spacial score (nSPS) is 16.6. The molecule has 5 heteroatoms. The van der Waals surface area contributed by atoms with Crippen LogP contribution in [0.2, 0.25) is 0 Å². The largest absolute Gasteiger partial charge is 0.300 e. The van der Waals surface area contributed by atoms with Crippen molar-refractivity contribution in [1.29, 1.82) is 0 Å². The summed E-state index contributed by atoms with van der Waals surface area (Å²) in [7, 11) is 0. The molecule has 1 aliphatic carbocycles. The molecule has 0 bridgehead atoms. The molecule has 33 heavy (non-hydrogen) atoms. The minimum atomic E-state index is -0.480. The lowest BCUT2D eigenvalue weighted by Crippen LogP contribution is -2.17. The molecule has 0 saturated carbocycles. The van der Waals surface area contributed by atoms with Crippen molar-refractivity contribution in [3.05, 3.63) is 89.5 Å². The zero-order chi connectivity index (χ0) is 23.5. The molecule has 2 aromatic heterocycles. The third kappa shape index (κ3) is 4.97. The summed E-state index contributed by atoms with van der Waals surface area (Å²) in [5, 5.41) is 0. The number of allylic oxidation sites excluding steroid dienone is 4. The fourth-order valence-corrected chi connectivity index (χ4v) is 4.82. The monoisotopic (exact) mass is 447 g/mol. The molecule has 0 fully saturated rings. The maximum absolute atomic E-state index is 14.8. The van der Waals surface area contributed by atoms with Crippen molar-refractivity contribution < 1.29 is 8.78 Å². The van der Waals surface area contributed by atoms with Crippen LogP contribution in [0.3, 0.4) is 0 Å². The molecule has 1 aromatic carbocycles. The molecule has 2 heterocycles. The first-order valence-electron chi connectivity index (χ1n) is 11.7. The molecule has 1 atom stereocenters. The molecule has 0 amide bonds. The standard InChI is InChI=1S/C28H31F2N3/c1-18(2)13-22-15-21(26-24(29)8-5-9-25(26)30)16-23(14-19(3)4)27(22)33-12-11-32-28(33)20-7-6-10-31-17-20/h5-12,15,17-19,21H,13-14,16H2,1-4H3. The topological polar surface area (TPSA) is 30.7 Å². The molecule has 1 aliphatic rings. The Morgan fingerprint density at radius 3 is 2.33 bits per heavy atom. The Morgan fingerprint density at radius 2 is 1.70 bits per heavy atom. The van der Waals surface area contributed by atoms with Crippen molar-refractivity contribution in [3.8, 4) is 11.4 Å². The van der Waals surface area contributed by atoms with E-state index < -0.39 is 11.6 Å². The van der Waals surface area contributed by atoms with E-state index in [-0.39, 0.29) is 11.5 Å². The SMILES string of the molecule is CC(C)CC1=CC(c2c(F)cccc2F)CC(CC(C)C)=C1n1ccnc1-c1cccnc1. The number of pyridine rings is 1. The number of nitrogens with zero attached hydrogens (tertiary/aromatic N) is 3. The molecule has 0 saturated heterocycles. The highest BCUT2D eigenvalue weighted by Gasteiger charge is 2.29. The number of imidazole rings is 1. The predicted octanol–water partition coefficient (Wildman–Crippen LogP) is 7.64. The second-order valence-corrected chi connectivity index (χ2v) is 9.65. The van der Waals surface area contributed by atoms with Gasteiger partial charge in [-0.3, -0.25) is 9.55 Å². The Labute approximate surface area is 194 Å². The van der Waals surface area contributed by atoms with Gasteiger partial charge >= 0.3 is 0 Å². The van der Waals surface area contributed by atoms with Gasteiger partial charge in [0.25, 0.3) is 0 Å². The van der Waals surface area contributed by atoms with Crippen LogP contribution in [0, 0.1) is 23.5 Å². The van der Waals surface area contributed by atoms with Crippen molar-refractivity contribution >= 4 is 5.70 Å².